The lowest BCUT2D eigenvalue weighted by atomic mass is 9.98. The molecule has 0 unspecified atom stereocenters. The Labute approximate surface area is 72.9 Å². The molecule has 0 amide bonds. The molecule has 0 aromatic heterocycles. The third kappa shape index (κ3) is 2.42. The van der Waals surface area contributed by atoms with Gasteiger partial charge in [-0.2, -0.15) is 0 Å². The Morgan fingerprint density at radius 1 is 1.33 bits per heavy atom. The van der Waals surface area contributed by atoms with E-state index in [4.69, 9.17) is 14.6 Å². The van der Waals surface area contributed by atoms with Gasteiger partial charge in [0.2, 0.25) is 0 Å². The van der Waals surface area contributed by atoms with E-state index in [1.54, 1.807) is 0 Å². The molecule has 4 nitrogen and oxygen atoms in total. The summed E-state index contributed by atoms with van der Waals surface area (Å²) in [6, 6.07) is 0. The van der Waals surface area contributed by atoms with Crippen molar-refractivity contribution in [3.63, 3.8) is 0 Å². The first kappa shape index (κ1) is 9.92. The largest absolute Gasteiger partial charge is 0.396 e. The molecule has 0 atom stereocenters. The van der Waals surface area contributed by atoms with Gasteiger partial charge in [0.15, 0.2) is 0 Å². The smallest absolute Gasteiger partial charge is 0.0701 e. The molecule has 0 radical (unpaired) electrons. The standard InChI is InChI=1S/C8H17NO3/c1-9-8(2-3-10)6-11-4-5-12-7-8/h9-10H,2-7H2,1H3. The molecule has 4 heteroatoms. The van der Waals surface area contributed by atoms with Crippen molar-refractivity contribution >= 4 is 0 Å². The summed E-state index contributed by atoms with van der Waals surface area (Å²) in [5, 5.41) is 12.0. The van der Waals surface area contributed by atoms with Crippen LogP contribution in [0.4, 0.5) is 0 Å². The van der Waals surface area contributed by atoms with Crippen molar-refractivity contribution in [2.45, 2.75) is 12.0 Å². The van der Waals surface area contributed by atoms with Gasteiger partial charge in [-0.15, -0.1) is 0 Å². The van der Waals surface area contributed by atoms with Crippen LogP contribution in [-0.2, 0) is 9.47 Å². The van der Waals surface area contributed by atoms with E-state index in [-0.39, 0.29) is 12.1 Å². The van der Waals surface area contributed by atoms with Gasteiger partial charge < -0.3 is 19.9 Å². The Morgan fingerprint density at radius 2 is 1.92 bits per heavy atom. The second kappa shape index (κ2) is 4.77. The average molecular weight is 175 g/mol. The van der Waals surface area contributed by atoms with E-state index in [9.17, 15) is 0 Å². The second-order valence-corrected chi connectivity index (χ2v) is 3.11. The summed E-state index contributed by atoms with van der Waals surface area (Å²) in [4.78, 5) is 0. The minimum absolute atomic E-state index is 0.160. The van der Waals surface area contributed by atoms with Gasteiger partial charge in [0.25, 0.3) is 0 Å². The van der Waals surface area contributed by atoms with Crippen LogP contribution >= 0.6 is 0 Å². The minimum Gasteiger partial charge on any atom is -0.396 e. The Hall–Kier alpha value is -0.160. The predicted octanol–water partition coefficient (Wildman–Crippen LogP) is -0.626. The fraction of sp³-hybridized carbons (Fsp3) is 1.00. The second-order valence-electron chi connectivity index (χ2n) is 3.11. The van der Waals surface area contributed by atoms with Crippen molar-refractivity contribution in [1.82, 2.24) is 5.32 Å². The van der Waals surface area contributed by atoms with Crippen molar-refractivity contribution in [3.8, 4) is 0 Å². The van der Waals surface area contributed by atoms with E-state index < -0.39 is 0 Å². The van der Waals surface area contributed by atoms with Crippen LogP contribution in [0, 0.1) is 0 Å². The van der Waals surface area contributed by atoms with Crippen LogP contribution in [-0.4, -0.2) is 50.7 Å². The summed E-state index contributed by atoms with van der Waals surface area (Å²) < 4.78 is 10.7. The first-order valence-corrected chi connectivity index (χ1v) is 4.28. The third-order valence-electron chi connectivity index (χ3n) is 2.25. The minimum atomic E-state index is -0.189. The quantitative estimate of drug-likeness (QED) is 0.600. The van der Waals surface area contributed by atoms with Crippen molar-refractivity contribution in [1.29, 1.82) is 0 Å². The van der Waals surface area contributed by atoms with Gasteiger partial charge in [0.1, 0.15) is 0 Å². The Kier molecular flexibility index (Phi) is 3.94. The van der Waals surface area contributed by atoms with Gasteiger partial charge in [-0.05, 0) is 13.5 Å². The number of hydrogen-bond donors (Lipinski definition) is 2. The van der Waals surface area contributed by atoms with Crippen molar-refractivity contribution < 1.29 is 14.6 Å². The van der Waals surface area contributed by atoms with Crippen LogP contribution in [0.25, 0.3) is 0 Å². The topological polar surface area (TPSA) is 50.7 Å². The van der Waals surface area contributed by atoms with Crippen LogP contribution in [0.15, 0.2) is 0 Å². The molecule has 1 heterocycles. The molecule has 1 aliphatic heterocycles. The number of aliphatic hydroxyl groups excluding tert-OH is 1. The summed E-state index contributed by atoms with van der Waals surface area (Å²) in [6.07, 6.45) is 0.670. The Balaban J connectivity index is 2.48. The first-order chi connectivity index (χ1) is 5.83. The molecule has 0 aliphatic carbocycles. The maximum atomic E-state index is 8.86. The highest BCUT2D eigenvalue weighted by Crippen LogP contribution is 2.13. The van der Waals surface area contributed by atoms with Gasteiger partial charge in [-0.25, -0.2) is 0 Å². The molecule has 0 aromatic carbocycles. The highest BCUT2D eigenvalue weighted by molar-refractivity contribution is 4.87. The molecule has 1 fully saturated rings. The van der Waals surface area contributed by atoms with Crippen molar-refractivity contribution in [3.05, 3.63) is 0 Å². The lowest BCUT2D eigenvalue weighted by Crippen LogP contribution is -2.50. The monoisotopic (exact) mass is 175 g/mol. The fourth-order valence-corrected chi connectivity index (χ4v) is 1.32. The van der Waals surface area contributed by atoms with Gasteiger partial charge in [0.05, 0.1) is 32.0 Å². The first-order valence-electron chi connectivity index (χ1n) is 4.28. The lowest BCUT2D eigenvalue weighted by Gasteiger charge is -2.30. The van der Waals surface area contributed by atoms with Crippen LogP contribution in [0.5, 0.6) is 0 Å². The fourth-order valence-electron chi connectivity index (χ4n) is 1.32. The molecule has 0 bridgehead atoms. The van der Waals surface area contributed by atoms with E-state index in [0.29, 0.717) is 32.8 Å². The van der Waals surface area contributed by atoms with Gasteiger partial charge in [0, 0.05) is 6.61 Å². The van der Waals surface area contributed by atoms with Crippen LogP contribution in [0.3, 0.4) is 0 Å². The molecule has 1 aliphatic rings. The van der Waals surface area contributed by atoms with Crippen molar-refractivity contribution in [2.24, 2.45) is 0 Å². The normalized spacial score (nSPS) is 23.5. The molecule has 0 saturated carbocycles. The lowest BCUT2D eigenvalue weighted by molar-refractivity contribution is 0.0706. The molecule has 0 spiro atoms. The summed E-state index contributed by atoms with van der Waals surface area (Å²) in [5.74, 6) is 0. The number of aliphatic hydroxyl groups is 1. The zero-order valence-corrected chi connectivity index (χ0v) is 7.51. The average Bonchev–Trinajstić information content (AvgIpc) is 2.32. The van der Waals surface area contributed by atoms with Gasteiger partial charge in [-0.3, -0.25) is 0 Å². The predicted molar refractivity (Wildman–Crippen MR) is 45.1 cm³/mol. The van der Waals surface area contributed by atoms with E-state index in [1.807, 2.05) is 7.05 Å². The molecule has 12 heavy (non-hydrogen) atoms. The number of rotatable bonds is 3. The van der Waals surface area contributed by atoms with Crippen LogP contribution in [0.2, 0.25) is 0 Å². The highest BCUT2D eigenvalue weighted by atomic mass is 16.5. The maximum absolute atomic E-state index is 8.86. The zero-order valence-electron chi connectivity index (χ0n) is 7.51. The zero-order chi connectivity index (χ0) is 8.86. The SMILES string of the molecule is CNC1(CCO)COCCOC1. The van der Waals surface area contributed by atoms with E-state index in [1.165, 1.54) is 0 Å². The summed E-state index contributed by atoms with van der Waals surface area (Å²) >= 11 is 0. The summed E-state index contributed by atoms with van der Waals surface area (Å²) in [6.45, 7) is 2.69. The van der Waals surface area contributed by atoms with Gasteiger partial charge in [-0.1, -0.05) is 0 Å². The maximum Gasteiger partial charge on any atom is 0.0701 e. The highest BCUT2D eigenvalue weighted by Gasteiger charge is 2.29. The van der Waals surface area contributed by atoms with Gasteiger partial charge >= 0.3 is 0 Å². The third-order valence-corrected chi connectivity index (χ3v) is 2.25. The Bertz CT molecular complexity index is 121. The summed E-state index contributed by atoms with van der Waals surface area (Å²) in [5.41, 5.74) is -0.189. The summed E-state index contributed by atoms with van der Waals surface area (Å²) in [7, 11) is 1.87. The van der Waals surface area contributed by atoms with E-state index in [0.717, 1.165) is 0 Å². The molecule has 2 N–H and O–H groups in total. The Morgan fingerprint density at radius 3 is 2.33 bits per heavy atom. The molecule has 1 rings (SSSR count). The molecule has 72 valence electrons. The number of ether oxygens (including phenoxy) is 2. The van der Waals surface area contributed by atoms with E-state index in [2.05, 4.69) is 5.32 Å². The number of nitrogens with one attached hydrogen (secondary N) is 1. The van der Waals surface area contributed by atoms with Crippen LogP contribution < -0.4 is 5.32 Å². The number of hydrogen-bond acceptors (Lipinski definition) is 4. The van der Waals surface area contributed by atoms with E-state index >= 15 is 0 Å². The number of likely N-dealkylation sites (N-methyl/N-ethyl adjacent to an activating group) is 1. The molecule has 0 aromatic rings. The molecular formula is C8H17NO3. The van der Waals surface area contributed by atoms with Crippen molar-refractivity contribution in [2.75, 3.05) is 40.1 Å². The molecule has 1 saturated heterocycles. The van der Waals surface area contributed by atoms with Crippen LogP contribution in [0.1, 0.15) is 6.42 Å². The molecular weight excluding hydrogens is 158 g/mol.